The van der Waals surface area contributed by atoms with Gasteiger partial charge in [0.05, 0.1) is 19.4 Å². The molecule has 1 N–H and O–H groups in total. The number of aromatic nitrogens is 3. The highest BCUT2D eigenvalue weighted by atomic mass is 32.2. The Bertz CT molecular complexity index is 697. The first-order valence-electron chi connectivity index (χ1n) is 7.09. The number of nitrogens with zero attached hydrogens (tertiary/aromatic N) is 4. The number of hydrogen-bond donors (Lipinski definition) is 1. The van der Waals surface area contributed by atoms with E-state index in [9.17, 15) is 9.18 Å². The van der Waals surface area contributed by atoms with Crippen LogP contribution in [0, 0.1) is 5.82 Å². The fourth-order valence-corrected chi connectivity index (χ4v) is 2.39. The molecule has 0 fully saturated rings. The fourth-order valence-electron chi connectivity index (χ4n) is 1.67. The SMILES string of the molecule is COc1nc(CNC(=O)CSc2ccc(F)cc2)nc(N(C)C)n1. The largest absolute Gasteiger partial charge is 0.467 e. The maximum absolute atomic E-state index is 12.8. The highest BCUT2D eigenvalue weighted by molar-refractivity contribution is 8.00. The van der Waals surface area contributed by atoms with E-state index in [0.29, 0.717) is 11.8 Å². The van der Waals surface area contributed by atoms with Crippen LogP contribution in [-0.2, 0) is 11.3 Å². The van der Waals surface area contributed by atoms with Crippen molar-refractivity contribution in [2.24, 2.45) is 0 Å². The molecule has 2 rings (SSSR count). The Kier molecular flexibility index (Phi) is 6.30. The van der Waals surface area contributed by atoms with E-state index in [4.69, 9.17) is 4.74 Å². The van der Waals surface area contributed by atoms with E-state index < -0.39 is 0 Å². The fraction of sp³-hybridized carbons (Fsp3) is 0.333. The number of hydrogen-bond acceptors (Lipinski definition) is 7. The molecular weight excluding hydrogens is 333 g/mol. The maximum Gasteiger partial charge on any atom is 0.321 e. The van der Waals surface area contributed by atoms with Crippen LogP contribution in [-0.4, -0.2) is 47.8 Å². The maximum atomic E-state index is 12.8. The van der Waals surface area contributed by atoms with Crippen molar-refractivity contribution in [3.63, 3.8) is 0 Å². The van der Waals surface area contributed by atoms with Crippen molar-refractivity contribution in [2.45, 2.75) is 11.4 Å². The number of ether oxygens (including phenoxy) is 1. The molecule has 1 heterocycles. The molecule has 0 aliphatic rings. The summed E-state index contributed by atoms with van der Waals surface area (Å²) in [5.74, 6) is 0.603. The van der Waals surface area contributed by atoms with Gasteiger partial charge in [0.25, 0.3) is 0 Å². The lowest BCUT2D eigenvalue weighted by atomic mass is 10.4. The van der Waals surface area contributed by atoms with Gasteiger partial charge in [0.15, 0.2) is 5.82 Å². The van der Waals surface area contributed by atoms with E-state index in [1.807, 2.05) is 0 Å². The quantitative estimate of drug-likeness (QED) is 0.757. The lowest BCUT2D eigenvalue weighted by Crippen LogP contribution is -2.26. The van der Waals surface area contributed by atoms with E-state index in [1.54, 1.807) is 31.1 Å². The number of benzene rings is 1. The number of methoxy groups -OCH3 is 1. The summed E-state index contributed by atoms with van der Waals surface area (Å²) in [5, 5.41) is 2.74. The zero-order valence-corrected chi connectivity index (χ0v) is 14.4. The first-order valence-corrected chi connectivity index (χ1v) is 8.08. The number of rotatable bonds is 7. The molecule has 0 saturated carbocycles. The molecule has 0 bridgehead atoms. The van der Waals surface area contributed by atoms with Crippen LogP contribution in [0.1, 0.15) is 5.82 Å². The third-order valence-electron chi connectivity index (χ3n) is 2.86. The van der Waals surface area contributed by atoms with Crippen molar-refractivity contribution < 1.29 is 13.9 Å². The van der Waals surface area contributed by atoms with E-state index in [0.717, 1.165) is 4.90 Å². The van der Waals surface area contributed by atoms with Crippen molar-refractivity contribution in [1.82, 2.24) is 20.3 Å². The number of halogens is 1. The van der Waals surface area contributed by atoms with Crippen molar-refractivity contribution in [1.29, 1.82) is 0 Å². The smallest absolute Gasteiger partial charge is 0.321 e. The van der Waals surface area contributed by atoms with Gasteiger partial charge in [-0.1, -0.05) is 0 Å². The summed E-state index contributed by atoms with van der Waals surface area (Å²) in [7, 11) is 5.07. The highest BCUT2D eigenvalue weighted by Crippen LogP contribution is 2.17. The third kappa shape index (κ3) is 5.34. The molecule has 0 aliphatic carbocycles. The van der Waals surface area contributed by atoms with E-state index in [2.05, 4.69) is 20.3 Å². The Balaban J connectivity index is 1.89. The second-order valence-corrected chi connectivity index (χ2v) is 6.00. The predicted octanol–water partition coefficient (Wildman–Crippen LogP) is 1.49. The van der Waals surface area contributed by atoms with E-state index in [-0.39, 0.29) is 30.0 Å². The minimum absolute atomic E-state index is 0.169. The minimum Gasteiger partial charge on any atom is -0.467 e. The number of anilines is 1. The Morgan fingerprint density at radius 1 is 1.25 bits per heavy atom. The van der Waals surface area contributed by atoms with Crippen LogP contribution in [0.3, 0.4) is 0 Å². The van der Waals surface area contributed by atoms with Gasteiger partial charge in [-0.3, -0.25) is 4.79 Å². The standard InChI is InChI=1S/C15H18FN5O2S/c1-21(2)14-18-12(19-15(20-14)23-3)8-17-13(22)9-24-11-6-4-10(16)5-7-11/h4-7H,8-9H2,1-3H3,(H,17,22). The van der Waals surface area contributed by atoms with Crippen LogP contribution in [0.15, 0.2) is 29.2 Å². The second-order valence-electron chi connectivity index (χ2n) is 4.95. The van der Waals surface area contributed by atoms with Crippen molar-refractivity contribution in [3.8, 4) is 6.01 Å². The topological polar surface area (TPSA) is 80.2 Å². The number of amides is 1. The summed E-state index contributed by atoms with van der Waals surface area (Å²) in [5.41, 5.74) is 0. The summed E-state index contributed by atoms with van der Waals surface area (Å²) in [6, 6.07) is 6.18. The molecular formula is C15H18FN5O2S. The van der Waals surface area contributed by atoms with Crippen molar-refractivity contribution >= 4 is 23.6 Å². The van der Waals surface area contributed by atoms with E-state index >= 15 is 0 Å². The third-order valence-corrected chi connectivity index (χ3v) is 3.87. The molecule has 0 radical (unpaired) electrons. The lowest BCUT2D eigenvalue weighted by molar-refractivity contribution is -0.118. The first kappa shape index (κ1) is 17.9. The number of carbonyl (C=O) groups excluding carboxylic acids is 1. The normalized spacial score (nSPS) is 10.3. The summed E-state index contributed by atoms with van der Waals surface area (Å²) < 4.78 is 17.9. The molecule has 0 unspecified atom stereocenters. The summed E-state index contributed by atoms with van der Waals surface area (Å²) in [6.45, 7) is 0.169. The molecule has 2 aromatic rings. The summed E-state index contributed by atoms with van der Waals surface area (Å²) >= 11 is 1.32. The Morgan fingerprint density at radius 2 is 1.96 bits per heavy atom. The van der Waals surface area contributed by atoms with Crippen LogP contribution in [0.25, 0.3) is 0 Å². The molecule has 9 heteroatoms. The summed E-state index contributed by atoms with van der Waals surface area (Å²) in [6.07, 6.45) is 0. The molecule has 0 atom stereocenters. The molecule has 1 aromatic heterocycles. The van der Waals surface area contributed by atoms with Crippen LogP contribution >= 0.6 is 11.8 Å². The predicted molar refractivity (Wildman–Crippen MR) is 89.7 cm³/mol. The molecule has 24 heavy (non-hydrogen) atoms. The van der Waals surface area contributed by atoms with Crippen molar-refractivity contribution in [2.75, 3.05) is 31.9 Å². The second kappa shape index (κ2) is 8.44. The number of carbonyl (C=O) groups is 1. The van der Waals surface area contributed by atoms with Gasteiger partial charge in [-0.25, -0.2) is 4.39 Å². The van der Waals surface area contributed by atoms with Gasteiger partial charge in [-0.05, 0) is 24.3 Å². The molecule has 7 nitrogen and oxygen atoms in total. The zero-order chi connectivity index (χ0) is 17.5. The monoisotopic (exact) mass is 351 g/mol. The van der Waals surface area contributed by atoms with Gasteiger partial charge < -0.3 is 15.0 Å². The molecule has 0 saturated heterocycles. The van der Waals surface area contributed by atoms with Crippen molar-refractivity contribution in [3.05, 3.63) is 35.9 Å². The van der Waals surface area contributed by atoms with E-state index in [1.165, 1.54) is 31.0 Å². The molecule has 128 valence electrons. The van der Waals surface area contributed by atoms with Gasteiger partial charge in [0.1, 0.15) is 5.82 Å². The zero-order valence-electron chi connectivity index (χ0n) is 13.6. The van der Waals surface area contributed by atoms with Gasteiger partial charge in [-0.2, -0.15) is 15.0 Å². The summed E-state index contributed by atoms with van der Waals surface area (Å²) in [4.78, 5) is 26.9. The van der Waals surface area contributed by atoms with Crippen LogP contribution in [0.2, 0.25) is 0 Å². The van der Waals surface area contributed by atoms with Gasteiger partial charge in [0.2, 0.25) is 11.9 Å². The van der Waals surface area contributed by atoms with Gasteiger partial charge in [-0.15, -0.1) is 11.8 Å². The Morgan fingerprint density at radius 3 is 2.58 bits per heavy atom. The minimum atomic E-state index is -0.302. The molecule has 1 aromatic carbocycles. The Labute approximate surface area is 143 Å². The number of thioether (sulfide) groups is 1. The average molecular weight is 351 g/mol. The van der Waals surface area contributed by atoms with Crippen LogP contribution < -0.4 is 15.0 Å². The number of nitrogens with one attached hydrogen (secondary N) is 1. The van der Waals surface area contributed by atoms with Crippen LogP contribution in [0.5, 0.6) is 6.01 Å². The van der Waals surface area contributed by atoms with Gasteiger partial charge in [0, 0.05) is 19.0 Å². The molecule has 0 spiro atoms. The molecule has 1 amide bonds. The average Bonchev–Trinajstić information content (AvgIpc) is 2.59. The van der Waals surface area contributed by atoms with Crippen LogP contribution in [0.4, 0.5) is 10.3 Å². The lowest BCUT2D eigenvalue weighted by Gasteiger charge is -2.12. The van der Waals surface area contributed by atoms with Gasteiger partial charge >= 0.3 is 6.01 Å². The molecule has 0 aliphatic heterocycles. The first-order chi connectivity index (χ1) is 11.5. The Hall–Kier alpha value is -2.42. The highest BCUT2D eigenvalue weighted by Gasteiger charge is 2.10.